The van der Waals surface area contributed by atoms with E-state index in [1.807, 2.05) is 25.2 Å². The van der Waals surface area contributed by atoms with Crippen molar-refractivity contribution in [1.29, 1.82) is 0 Å². The summed E-state index contributed by atoms with van der Waals surface area (Å²) in [6.45, 7) is 0.817. The topological polar surface area (TPSA) is 47.1 Å². The Hall–Kier alpha value is -1.01. The Morgan fingerprint density at radius 2 is 2.38 bits per heavy atom. The molecule has 0 aliphatic heterocycles. The molecule has 0 bridgehead atoms. The lowest BCUT2D eigenvalue weighted by Gasteiger charge is -2.15. The van der Waals surface area contributed by atoms with Gasteiger partial charge in [0.05, 0.1) is 12.2 Å². The van der Waals surface area contributed by atoms with Crippen LogP contribution >= 0.6 is 27.3 Å². The van der Waals surface area contributed by atoms with Crippen LogP contribution in [0.1, 0.15) is 4.88 Å². The number of nitrogens with zero attached hydrogens (tertiary/aromatic N) is 3. The number of halogens is 1. The molecule has 0 saturated heterocycles. The van der Waals surface area contributed by atoms with Crippen molar-refractivity contribution in [2.75, 3.05) is 17.7 Å². The SMILES string of the molecule is CN(Cc1cc(Br)cs1)c1nn(C)cc1N. The molecule has 16 heavy (non-hydrogen) atoms. The van der Waals surface area contributed by atoms with Gasteiger partial charge in [0.2, 0.25) is 0 Å². The number of nitrogens with two attached hydrogens (primary N) is 1. The Bertz CT molecular complexity index is 491. The molecule has 2 aromatic heterocycles. The highest BCUT2D eigenvalue weighted by molar-refractivity contribution is 9.10. The normalized spacial score (nSPS) is 10.7. The number of rotatable bonds is 3. The Morgan fingerprint density at radius 1 is 1.62 bits per heavy atom. The maximum Gasteiger partial charge on any atom is 0.173 e. The van der Waals surface area contributed by atoms with E-state index in [0.29, 0.717) is 5.69 Å². The molecule has 0 aliphatic rings. The molecule has 0 radical (unpaired) electrons. The van der Waals surface area contributed by atoms with Gasteiger partial charge in [-0.3, -0.25) is 4.68 Å². The molecule has 0 aromatic carbocycles. The maximum atomic E-state index is 5.87. The summed E-state index contributed by atoms with van der Waals surface area (Å²) in [7, 11) is 3.86. The Kier molecular flexibility index (Phi) is 3.20. The number of nitrogen functional groups attached to an aromatic ring is 1. The molecule has 86 valence electrons. The number of hydrogen-bond donors (Lipinski definition) is 1. The van der Waals surface area contributed by atoms with Crippen molar-refractivity contribution in [1.82, 2.24) is 9.78 Å². The molecular formula is C10H13BrN4S. The van der Waals surface area contributed by atoms with Crippen molar-refractivity contribution >= 4 is 38.8 Å². The molecule has 0 atom stereocenters. The summed E-state index contributed by atoms with van der Waals surface area (Å²) in [4.78, 5) is 3.33. The minimum atomic E-state index is 0.709. The first-order valence-corrected chi connectivity index (χ1v) is 6.46. The summed E-state index contributed by atoms with van der Waals surface area (Å²) in [5.74, 6) is 0.826. The zero-order chi connectivity index (χ0) is 11.7. The summed E-state index contributed by atoms with van der Waals surface area (Å²) < 4.78 is 2.85. The molecule has 2 rings (SSSR count). The van der Waals surface area contributed by atoms with Crippen molar-refractivity contribution in [3.63, 3.8) is 0 Å². The number of thiophene rings is 1. The van der Waals surface area contributed by atoms with Crippen molar-refractivity contribution in [2.45, 2.75) is 6.54 Å². The van der Waals surface area contributed by atoms with Crippen molar-refractivity contribution < 1.29 is 0 Å². The van der Waals surface area contributed by atoms with E-state index in [-0.39, 0.29) is 0 Å². The van der Waals surface area contributed by atoms with Gasteiger partial charge in [0, 0.05) is 35.0 Å². The van der Waals surface area contributed by atoms with Gasteiger partial charge >= 0.3 is 0 Å². The van der Waals surface area contributed by atoms with E-state index in [1.54, 1.807) is 16.0 Å². The molecule has 0 spiro atoms. The van der Waals surface area contributed by atoms with E-state index >= 15 is 0 Å². The van der Waals surface area contributed by atoms with E-state index in [0.717, 1.165) is 16.8 Å². The molecule has 0 aliphatic carbocycles. The number of aryl methyl sites for hydroxylation is 1. The predicted molar refractivity (Wildman–Crippen MR) is 71.7 cm³/mol. The summed E-state index contributed by atoms with van der Waals surface area (Å²) in [6.07, 6.45) is 1.82. The van der Waals surface area contributed by atoms with Crippen molar-refractivity contribution in [3.05, 3.63) is 27.0 Å². The van der Waals surface area contributed by atoms with Gasteiger partial charge in [-0.05, 0) is 22.0 Å². The molecular weight excluding hydrogens is 288 g/mol. The lowest BCUT2D eigenvalue weighted by Crippen LogP contribution is -2.17. The molecule has 4 nitrogen and oxygen atoms in total. The molecule has 2 aromatic rings. The summed E-state index contributed by atoms with van der Waals surface area (Å²) in [6, 6.07) is 2.11. The van der Waals surface area contributed by atoms with Crippen LogP contribution in [0.2, 0.25) is 0 Å². The largest absolute Gasteiger partial charge is 0.394 e. The fraction of sp³-hybridized carbons (Fsp3) is 0.300. The van der Waals surface area contributed by atoms with Crippen LogP contribution in [0.3, 0.4) is 0 Å². The van der Waals surface area contributed by atoms with Crippen molar-refractivity contribution in [3.8, 4) is 0 Å². The second-order valence-corrected chi connectivity index (χ2v) is 5.58. The summed E-state index contributed by atoms with van der Waals surface area (Å²) in [5.41, 5.74) is 6.58. The number of hydrogen-bond acceptors (Lipinski definition) is 4. The third-order valence-electron chi connectivity index (χ3n) is 2.21. The first-order chi connectivity index (χ1) is 7.56. The van der Waals surface area contributed by atoms with E-state index in [1.165, 1.54) is 4.88 Å². The van der Waals surface area contributed by atoms with Gasteiger partial charge in [-0.1, -0.05) is 0 Å². The highest BCUT2D eigenvalue weighted by atomic mass is 79.9. The van der Waals surface area contributed by atoms with E-state index in [9.17, 15) is 0 Å². The lowest BCUT2D eigenvalue weighted by molar-refractivity contribution is 0.753. The molecule has 2 N–H and O–H groups in total. The molecule has 0 amide bonds. The van der Waals surface area contributed by atoms with E-state index < -0.39 is 0 Å². The van der Waals surface area contributed by atoms with Gasteiger partial charge in [0.25, 0.3) is 0 Å². The Morgan fingerprint density at radius 3 is 2.88 bits per heavy atom. The molecule has 6 heteroatoms. The Balaban J connectivity index is 2.14. The lowest BCUT2D eigenvalue weighted by atomic mass is 10.4. The first-order valence-electron chi connectivity index (χ1n) is 4.79. The van der Waals surface area contributed by atoms with Crippen LogP contribution in [0.5, 0.6) is 0 Å². The van der Waals surface area contributed by atoms with Crippen molar-refractivity contribution in [2.24, 2.45) is 7.05 Å². The highest BCUT2D eigenvalue weighted by Gasteiger charge is 2.10. The third kappa shape index (κ3) is 2.38. The molecule has 2 heterocycles. The third-order valence-corrected chi connectivity index (χ3v) is 3.90. The minimum Gasteiger partial charge on any atom is -0.394 e. The van der Waals surface area contributed by atoms with Crippen LogP contribution in [0.15, 0.2) is 22.1 Å². The first kappa shape index (κ1) is 11.5. The molecule has 0 saturated carbocycles. The standard InChI is InChI=1S/C10H13BrN4S/c1-14(4-8-3-7(11)6-16-8)10-9(12)5-15(2)13-10/h3,5-6H,4,12H2,1-2H3. The fourth-order valence-corrected chi connectivity index (χ4v) is 3.04. The molecule has 0 unspecified atom stereocenters. The highest BCUT2D eigenvalue weighted by Crippen LogP contribution is 2.25. The second-order valence-electron chi connectivity index (χ2n) is 3.67. The van der Waals surface area contributed by atoms with Crippen LogP contribution < -0.4 is 10.6 Å². The quantitative estimate of drug-likeness (QED) is 0.947. The van der Waals surface area contributed by atoms with Gasteiger partial charge in [-0.15, -0.1) is 11.3 Å². The predicted octanol–water partition coefficient (Wildman–Crippen LogP) is 2.46. The average Bonchev–Trinajstić information content (AvgIpc) is 2.73. The second kappa shape index (κ2) is 4.47. The smallest absolute Gasteiger partial charge is 0.173 e. The molecule has 0 fully saturated rings. The summed E-state index contributed by atoms with van der Waals surface area (Å²) in [5, 5.41) is 6.40. The number of anilines is 2. The maximum absolute atomic E-state index is 5.87. The van der Waals surface area contributed by atoms with Gasteiger partial charge in [0.1, 0.15) is 0 Å². The van der Waals surface area contributed by atoms with Crippen LogP contribution in [0.25, 0.3) is 0 Å². The van der Waals surface area contributed by atoms with Gasteiger partial charge in [-0.2, -0.15) is 5.10 Å². The van der Waals surface area contributed by atoms with E-state index in [4.69, 9.17) is 5.73 Å². The van der Waals surface area contributed by atoms with Crippen LogP contribution in [-0.4, -0.2) is 16.8 Å². The van der Waals surface area contributed by atoms with Gasteiger partial charge in [-0.25, -0.2) is 0 Å². The van der Waals surface area contributed by atoms with E-state index in [2.05, 4.69) is 32.5 Å². The average molecular weight is 301 g/mol. The fourth-order valence-electron chi connectivity index (χ4n) is 1.54. The zero-order valence-corrected chi connectivity index (χ0v) is 11.5. The monoisotopic (exact) mass is 300 g/mol. The van der Waals surface area contributed by atoms with Crippen LogP contribution in [-0.2, 0) is 13.6 Å². The Labute approximate surface area is 107 Å². The van der Waals surface area contributed by atoms with Gasteiger partial charge in [0.15, 0.2) is 5.82 Å². The summed E-state index contributed by atoms with van der Waals surface area (Å²) >= 11 is 5.17. The van der Waals surface area contributed by atoms with Gasteiger partial charge < -0.3 is 10.6 Å². The number of aromatic nitrogens is 2. The van der Waals surface area contributed by atoms with Crippen LogP contribution in [0, 0.1) is 0 Å². The van der Waals surface area contributed by atoms with Crippen LogP contribution in [0.4, 0.5) is 11.5 Å². The zero-order valence-electron chi connectivity index (χ0n) is 9.14. The minimum absolute atomic E-state index is 0.709.